The van der Waals surface area contributed by atoms with Gasteiger partial charge in [-0.3, -0.25) is 5.84 Å². The summed E-state index contributed by atoms with van der Waals surface area (Å²) < 4.78 is 5.30. The van der Waals surface area contributed by atoms with Crippen molar-refractivity contribution in [1.82, 2.24) is 5.01 Å². The number of halogens is 1. The summed E-state index contributed by atoms with van der Waals surface area (Å²) in [5.41, 5.74) is 6.11. The molecule has 1 aliphatic rings. The molecule has 5 heteroatoms. The third kappa shape index (κ3) is 3.66. The van der Waals surface area contributed by atoms with Gasteiger partial charge in [-0.05, 0) is 41.8 Å². The minimum absolute atomic E-state index is 0.0297. The molecule has 4 rings (SSSR count). The van der Waals surface area contributed by atoms with Gasteiger partial charge in [0, 0.05) is 29.2 Å². The predicted octanol–water partition coefficient (Wildman–Crippen LogP) is 5.51. The summed E-state index contributed by atoms with van der Waals surface area (Å²) in [5.74, 6) is 7.68. The Morgan fingerprint density at radius 3 is 2.34 bits per heavy atom. The van der Waals surface area contributed by atoms with Crippen molar-refractivity contribution in [3.8, 4) is 16.9 Å². The molecule has 29 heavy (non-hydrogen) atoms. The first kappa shape index (κ1) is 20.0. The zero-order valence-electron chi connectivity index (χ0n) is 16.8. The van der Waals surface area contributed by atoms with Gasteiger partial charge in [0.05, 0.1) is 7.11 Å². The Hall–Kier alpha value is -2.34. The third-order valence-electron chi connectivity index (χ3n) is 5.69. The van der Waals surface area contributed by atoms with Crippen LogP contribution in [-0.2, 0) is 0 Å². The van der Waals surface area contributed by atoms with Crippen molar-refractivity contribution in [2.24, 2.45) is 5.84 Å². The normalized spacial score (nSPS) is 16.3. The molecule has 0 aromatic heterocycles. The molecule has 3 aromatic carbocycles. The monoisotopic (exact) mass is 451 g/mol. The minimum Gasteiger partial charge on any atom is -0.497 e. The lowest BCUT2D eigenvalue weighted by Crippen LogP contribution is -2.49. The molecule has 0 radical (unpaired) electrons. The van der Waals surface area contributed by atoms with E-state index in [1.54, 1.807) is 7.11 Å². The number of hydrogen-bond donors (Lipinski definition) is 1. The van der Waals surface area contributed by atoms with E-state index in [2.05, 4.69) is 88.4 Å². The molecule has 0 aliphatic carbocycles. The lowest BCUT2D eigenvalue weighted by molar-refractivity contribution is 0.140. The van der Waals surface area contributed by atoms with Gasteiger partial charge >= 0.3 is 0 Å². The average Bonchev–Trinajstić information content (AvgIpc) is 2.78. The van der Waals surface area contributed by atoms with Crippen LogP contribution in [0.2, 0.25) is 0 Å². The fraction of sp³-hybridized carbons (Fsp3) is 0.250. The van der Waals surface area contributed by atoms with Crippen molar-refractivity contribution < 1.29 is 4.74 Å². The van der Waals surface area contributed by atoms with Crippen LogP contribution >= 0.6 is 15.9 Å². The molecule has 150 valence electrons. The second-order valence-electron chi connectivity index (χ2n) is 7.26. The van der Waals surface area contributed by atoms with E-state index in [1.807, 2.05) is 17.1 Å². The van der Waals surface area contributed by atoms with Gasteiger partial charge in [-0.2, -0.15) is 0 Å². The van der Waals surface area contributed by atoms with Gasteiger partial charge in [-0.25, -0.2) is 5.01 Å². The summed E-state index contributed by atoms with van der Waals surface area (Å²) >= 11 is 3.64. The summed E-state index contributed by atoms with van der Waals surface area (Å²) in [7, 11) is 1.68. The molecular formula is C24H26BrN3O. The number of fused-ring (bicyclic) bond motifs is 3. The Morgan fingerprint density at radius 1 is 1.00 bits per heavy atom. The molecular weight excluding hydrogens is 426 g/mol. The quantitative estimate of drug-likeness (QED) is 0.304. The number of anilines is 1. The summed E-state index contributed by atoms with van der Waals surface area (Å²) in [6, 6.07) is 25.3. The smallest absolute Gasteiger partial charge is 0.122 e. The molecule has 3 aromatic rings. The highest BCUT2D eigenvalue weighted by molar-refractivity contribution is 9.09. The number of benzene rings is 3. The van der Waals surface area contributed by atoms with E-state index < -0.39 is 0 Å². The van der Waals surface area contributed by atoms with Crippen LogP contribution in [0.25, 0.3) is 11.1 Å². The first-order valence-corrected chi connectivity index (χ1v) is 11.0. The van der Waals surface area contributed by atoms with Crippen LogP contribution in [0.3, 0.4) is 0 Å². The molecule has 4 nitrogen and oxygen atoms in total. The molecule has 0 saturated heterocycles. The molecule has 0 spiro atoms. The van der Waals surface area contributed by atoms with Crippen LogP contribution in [0.1, 0.15) is 30.3 Å². The van der Waals surface area contributed by atoms with Crippen molar-refractivity contribution in [1.29, 1.82) is 0 Å². The standard InChI is InChI=1S/C24H26BrN3O/c1-17(18-11-13-19(29-2)14-12-18)28(26)24-22-9-4-3-7-20(22)21-8-5-6-10-23(21)27(24)16-15-25/h3-14,17,24H,15-16,26H2,1-2H3/t17-,24?/m1/s1. The van der Waals surface area contributed by atoms with Crippen LogP contribution in [-0.4, -0.2) is 24.0 Å². The topological polar surface area (TPSA) is 41.7 Å². The van der Waals surface area contributed by atoms with E-state index in [0.29, 0.717) is 0 Å². The van der Waals surface area contributed by atoms with E-state index in [4.69, 9.17) is 10.6 Å². The number of nitrogens with zero attached hydrogens (tertiary/aromatic N) is 2. The van der Waals surface area contributed by atoms with Crippen molar-refractivity contribution >= 4 is 21.6 Å². The fourth-order valence-electron chi connectivity index (χ4n) is 4.14. The Bertz CT molecular complexity index is 976. The van der Waals surface area contributed by atoms with Gasteiger partial charge in [0.1, 0.15) is 11.9 Å². The zero-order chi connectivity index (χ0) is 20.4. The van der Waals surface area contributed by atoms with Gasteiger partial charge in [0.15, 0.2) is 0 Å². The SMILES string of the molecule is COc1ccc([C@@H](C)N(N)C2c3ccccc3-c3ccccc3N2CCBr)cc1. The van der Waals surface area contributed by atoms with Crippen molar-refractivity contribution in [3.63, 3.8) is 0 Å². The lowest BCUT2D eigenvalue weighted by atomic mass is 9.90. The minimum atomic E-state index is -0.0595. The highest BCUT2D eigenvalue weighted by Crippen LogP contribution is 2.46. The summed E-state index contributed by atoms with van der Waals surface area (Å²) in [4.78, 5) is 2.40. The number of hydrazine groups is 1. The highest BCUT2D eigenvalue weighted by atomic mass is 79.9. The molecule has 2 atom stereocenters. The first-order chi connectivity index (χ1) is 14.2. The van der Waals surface area contributed by atoms with E-state index in [-0.39, 0.29) is 12.2 Å². The summed E-state index contributed by atoms with van der Waals surface area (Å²) in [6.07, 6.45) is -0.0595. The van der Waals surface area contributed by atoms with Gasteiger partial charge < -0.3 is 9.64 Å². The van der Waals surface area contributed by atoms with Crippen LogP contribution in [0.5, 0.6) is 5.75 Å². The van der Waals surface area contributed by atoms with Gasteiger partial charge in [-0.15, -0.1) is 0 Å². The van der Waals surface area contributed by atoms with E-state index in [9.17, 15) is 0 Å². The Labute approximate surface area is 181 Å². The molecule has 1 unspecified atom stereocenters. The second-order valence-corrected chi connectivity index (χ2v) is 8.05. The molecule has 2 N–H and O–H groups in total. The molecule has 0 fully saturated rings. The number of methoxy groups -OCH3 is 1. The number of hydrogen-bond acceptors (Lipinski definition) is 4. The van der Waals surface area contributed by atoms with Crippen LogP contribution < -0.4 is 15.5 Å². The van der Waals surface area contributed by atoms with Gasteiger partial charge in [0.25, 0.3) is 0 Å². The molecule has 0 saturated carbocycles. The number of alkyl halides is 1. The number of para-hydroxylation sites is 1. The predicted molar refractivity (Wildman–Crippen MR) is 123 cm³/mol. The molecule has 0 bridgehead atoms. The number of ether oxygens (including phenoxy) is 1. The average molecular weight is 452 g/mol. The number of nitrogens with two attached hydrogens (primary N) is 1. The Kier molecular flexibility index (Phi) is 5.90. The van der Waals surface area contributed by atoms with E-state index >= 15 is 0 Å². The summed E-state index contributed by atoms with van der Waals surface area (Å²) in [6.45, 7) is 3.01. The molecule has 0 amide bonds. The van der Waals surface area contributed by atoms with Crippen LogP contribution in [0, 0.1) is 0 Å². The third-order valence-corrected chi connectivity index (χ3v) is 6.05. The first-order valence-electron chi connectivity index (χ1n) is 9.83. The van der Waals surface area contributed by atoms with E-state index in [1.165, 1.54) is 22.4 Å². The Balaban J connectivity index is 1.77. The van der Waals surface area contributed by atoms with Crippen molar-refractivity contribution in [3.05, 3.63) is 83.9 Å². The maximum Gasteiger partial charge on any atom is 0.122 e. The van der Waals surface area contributed by atoms with Crippen LogP contribution in [0.4, 0.5) is 5.69 Å². The van der Waals surface area contributed by atoms with Crippen LogP contribution in [0.15, 0.2) is 72.8 Å². The fourth-order valence-corrected chi connectivity index (χ4v) is 4.52. The van der Waals surface area contributed by atoms with Gasteiger partial charge in [0.2, 0.25) is 0 Å². The second kappa shape index (κ2) is 8.57. The zero-order valence-corrected chi connectivity index (χ0v) is 18.3. The summed E-state index contributed by atoms with van der Waals surface area (Å²) in [5, 5.41) is 2.84. The molecule has 1 heterocycles. The number of rotatable bonds is 6. The highest BCUT2D eigenvalue weighted by Gasteiger charge is 2.35. The van der Waals surface area contributed by atoms with Crippen molar-refractivity contribution in [2.75, 3.05) is 23.9 Å². The maximum atomic E-state index is 6.83. The maximum absolute atomic E-state index is 6.83. The lowest BCUT2D eigenvalue weighted by Gasteiger charge is -2.45. The largest absolute Gasteiger partial charge is 0.497 e. The molecule has 1 aliphatic heterocycles. The van der Waals surface area contributed by atoms with Crippen molar-refractivity contribution in [2.45, 2.75) is 19.1 Å². The Morgan fingerprint density at radius 2 is 1.66 bits per heavy atom. The van der Waals surface area contributed by atoms with Gasteiger partial charge in [-0.1, -0.05) is 70.5 Å². The van der Waals surface area contributed by atoms with E-state index in [0.717, 1.165) is 23.2 Å².